The van der Waals surface area contributed by atoms with Gasteiger partial charge in [0, 0.05) is 37.7 Å². The van der Waals surface area contributed by atoms with Crippen LogP contribution < -0.4 is 11.1 Å². The first-order chi connectivity index (χ1) is 17.7. The second-order valence-corrected chi connectivity index (χ2v) is 10.1. The van der Waals surface area contributed by atoms with Gasteiger partial charge in [0.2, 0.25) is 5.91 Å². The Kier molecular flexibility index (Phi) is 6.82. The number of likely N-dealkylation sites (tertiary alicyclic amines) is 1. The van der Waals surface area contributed by atoms with Crippen LogP contribution in [-0.2, 0) is 22.6 Å². The van der Waals surface area contributed by atoms with Crippen LogP contribution in [0.5, 0.6) is 0 Å². The number of imide groups is 1. The van der Waals surface area contributed by atoms with Gasteiger partial charge in [0.15, 0.2) is 11.7 Å². The minimum atomic E-state index is -2.68. The number of aromatic nitrogens is 2. The van der Waals surface area contributed by atoms with Crippen molar-refractivity contribution >= 4 is 23.4 Å². The monoisotopic (exact) mass is 516 g/mol. The smallest absolute Gasteiger partial charge is 0.347 e. The molecule has 0 spiro atoms. The van der Waals surface area contributed by atoms with E-state index in [2.05, 4.69) is 15.3 Å². The normalized spacial score (nSPS) is 25.1. The molecule has 2 atom stereocenters. The third kappa shape index (κ3) is 4.88. The Morgan fingerprint density at radius 2 is 1.95 bits per heavy atom. The molecule has 1 aromatic carbocycles. The first-order valence-electron chi connectivity index (χ1n) is 12.6. The van der Waals surface area contributed by atoms with Gasteiger partial charge in [-0.05, 0) is 49.9 Å². The lowest BCUT2D eigenvalue weighted by Gasteiger charge is -2.42. The molecular formula is C25H30F2N6O4. The molecule has 2 unspecified atom stereocenters. The summed E-state index contributed by atoms with van der Waals surface area (Å²) in [4.78, 5) is 38.9. The largest absolute Gasteiger partial charge is 0.624 e. The fourth-order valence-electron chi connectivity index (χ4n) is 5.69. The fraction of sp³-hybridized carbons (Fsp3) is 0.520. The average molecular weight is 517 g/mol. The fourth-order valence-corrected chi connectivity index (χ4v) is 5.69. The summed E-state index contributed by atoms with van der Waals surface area (Å²) in [5.74, 6) is -1.73. The molecule has 0 aliphatic carbocycles. The number of nitrogens with two attached hydrogens (primary N) is 1. The van der Waals surface area contributed by atoms with Gasteiger partial charge in [-0.2, -0.15) is 5.10 Å². The summed E-state index contributed by atoms with van der Waals surface area (Å²) in [6.45, 7) is 2.42. The van der Waals surface area contributed by atoms with Gasteiger partial charge >= 0.3 is 5.91 Å². The number of halogens is 2. The van der Waals surface area contributed by atoms with E-state index in [1.165, 1.54) is 6.20 Å². The molecule has 3 aliphatic rings. The number of hydrogen-bond donors (Lipinski definition) is 2. The van der Waals surface area contributed by atoms with Gasteiger partial charge in [0.25, 0.3) is 12.3 Å². The molecule has 3 amide bonds. The van der Waals surface area contributed by atoms with Crippen LogP contribution in [-0.4, -0.2) is 62.7 Å². The first kappa shape index (κ1) is 25.4. The molecular weight excluding hydrogens is 486 g/mol. The number of aryl methyl sites for hydroxylation is 1. The van der Waals surface area contributed by atoms with Crippen LogP contribution in [0.15, 0.2) is 24.4 Å². The van der Waals surface area contributed by atoms with E-state index in [0.717, 1.165) is 50.9 Å². The number of hydrogen-bond acceptors (Lipinski definition) is 7. The number of hydroxylamine groups is 3. The Hall–Kier alpha value is -3.22. The van der Waals surface area contributed by atoms with Gasteiger partial charge in [-0.15, -0.1) is 0 Å². The van der Waals surface area contributed by atoms with Crippen LogP contribution >= 0.6 is 0 Å². The lowest BCUT2D eigenvalue weighted by Crippen LogP contribution is -2.60. The van der Waals surface area contributed by atoms with Gasteiger partial charge < -0.3 is 15.8 Å². The molecule has 4 heterocycles. The van der Waals surface area contributed by atoms with Crippen LogP contribution in [0.25, 0.3) is 0 Å². The lowest BCUT2D eigenvalue weighted by molar-refractivity contribution is -0.825. The second kappa shape index (κ2) is 9.92. The highest BCUT2D eigenvalue weighted by molar-refractivity contribution is 6.02. The zero-order valence-electron chi connectivity index (χ0n) is 20.4. The first-order valence-corrected chi connectivity index (χ1v) is 12.6. The number of alkyl halides is 2. The quantitative estimate of drug-likeness (QED) is 0.328. The third-order valence-corrected chi connectivity index (χ3v) is 7.73. The minimum absolute atomic E-state index is 0.0265. The summed E-state index contributed by atoms with van der Waals surface area (Å²) in [5, 5.41) is 19.6. The molecule has 12 heteroatoms. The predicted octanol–water partition coefficient (Wildman–Crippen LogP) is 2.45. The van der Waals surface area contributed by atoms with Crippen molar-refractivity contribution in [2.75, 3.05) is 25.4 Å². The average Bonchev–Trinajstić information content (AvgIpc) is 3.37. The van der Waals surface area contributed by atoms with Crippen molar-refractivity contribution in [1.29, 1.82) is 0 Å². The highest BCUT2D eigenvalue weighted by atomic mass is 19.3. The van der Waals surface area contributed by atoms with E-state index in [1.54, 1.807) is 10.7 Å². The number of piperidine rings is 2. The maximum Gasteiger partial charge on any atom is 0.347 e. The van der Waals surface area contributed by atoms with E-state index >= 15 is 0 Å². The molecule has 2 fully saturated rings. The van der Waals surface area contributed by atoms with Gasteiger partial charge in [0.1, 0.15) is 6.54 Å². The standard InChI is InChI=1S/C25H30F2N6O4/c26-23(27)22-19(28)13-32(30-22)17-7-10-31(11-8-17)9-1-2-15-3-4-18-16(12-15)14-33(37,25(18)36)20-5-6-21(34)29-24(20)35/h3-4,12-13,17,20,23H,1-2,5-11,14,28H2,(H,29,34,35). The number of rotatable bonds is 7. The highest BCUT2D eigenvalue weighted by Gasteiger charge is 2.49. The highest BCUT2D eigenvalue weighted by Crippen LogP contribution is 2.35. The predicted molar refractivity (Wildman–Crippen MR) is 129 cm³/mol. The summed E-state index contributed by atoms with van der Waals surface area (Å²) in [5.41, 5.74) is 7.34. The number of quaternary nitrogens is 1. The van der Waals surface area contributed by atoms with Crippen LogP contribution in [0.3, 0.4) is 0 Å². The Bertz CT molecular complexity index is 1230. The number of benzene rings is 1. The number of carbonyl (C=O) groups excluding carboxylic acids is 3. The van der Waals surface area contributed by atoms with E-state index in [-0.39, 0.29) is 36.8 Å². The van der Waals surface area contributed by atoms with E-state index in [1.807, 2.05) is 12.1 Å². The molecule has 37 heavy (non-hydrogen) atoms. The van der Waals surface area contributed by atoms with Gasteiger partial charge in [-0.1, -0.05) is 6.07 Å². The summed E-state index contributed by atoms with van der Waals surface area (Å²) >= 11 is 0. The molecule has 0 radical (unpaired) electrons. The third-order valence-electron chi connectivity index (χ3n) is 7.73. The maximum atomic E-state index is 13.4. The minimum Gasteiger partial charge on any atom is -0.624 e. The number of carbonyl (C=O) groups is 3. The van der Waals surface area contributed by atoms with Gasteiger partial charge in [-0.25, -0.2) is 13.6 Å². The van der Waals surface area contributed by atoms with E-state index in [4.69, 9.17) is 5.73 Å². The zero-order valence-corrected chi connectivity index (χ0v) is 20.4. The molecule has 0 bridgehead atoms. The molecule has 5 rings (SSSR count). The van der Waals surface area contributed by atoms with Crippen LogP contribution in [0.1, 0.15) is 71.8 Å². The summed E-state index contributed by atoms with van der Waals surface area (Å²) in [6, 6.07) is 4.35. The summed E-state index contributed by atoms with van der Waals surface area (Å²) in [7, 11) is 0. The number of fused-ring (bicyclic) bond motifs is 1. The molecule has 2 aromatic rings. The maximum absolute atomic E-state index is 13.4. The molecule has 198 valence electrons. The summed E-state index contributed by atoms with van der Waals surface area (Å²) in [6.07, 6.45) is 2.19. The van der Waals surface area contributed by atoms with Crippen molar-refractivity contribution in [3.05, 3.63) is 52.0 Å². The van der Waals surface area contributed by atoms with E-state index in [0.29, 0.717) is 11.1 Å². The molecule has 3 aliphatic heterocycles. The number of nitrogen functional groups attached to an aromatic ring is 1. The van der Waals surface area contributed by atoms with Crippen LogP contribution in [0, 0.1) is 5.21 Å². The Morgan fingerprint density at radius 1 is 1.19 bits per heavy atom. The lowest BCUT2D eigenvalue weighted by atomic mass is 10.0. The van der Waals surface area contributed by atoms with Crippen molar-refractivity contribution in [3.8, 4) is 0 Å². The number of nitrogens with one attached hydrogen (secondary N) is 1. The topological polar surface area (TPSA) is 133 Å². The van der Waals surface area contributed by atoms with Gasteiger partial charge in [-0.3, -0.25) is 24.2 Å². The Morgan fingerprint density at radius 3 is 2.62 bits per heavy atom. The second-order valence-electron chi connectivity index (χ2n) is 10.1. The molecule has 1 aromatic heterocycles. The van der Waals surface area contributed by atoms with Crippen molar-refractivity contribution in [2.24, 2.45) is 0 Å². The molecule has 10 nitrogen and oxygen atoms in total. The van der Waals surface area contributed by atoms with Crippen LogP contribution in [0.2, 0.25) is 0 Å². The van der Waals surface area contributed by atoms with Gasteiger partial charge in [0.05, 0.1) is 17.3 Å². The SMILES string of the molecule is Nc1cn(C2CCN(CCCc3ccc4c(c3)C[N+]([O-])(C3CCC(=O)NC3=O)C4=O)CC2)nc1C(F)F. The summed E-state index contributed by atoms with van der Waals surface area (Å²) < 4.78 is 26.2. The molecule has 2 saturated heterocycles. The number of nitrogens with zero attached hydrogens (tertiary/aromatic N) is 4. The number of anilines is 1. The van der Waals surface area contributed by atoms with Crippen molar-refractivity contribution in [1.82, 2.24) is 20.0 Å². The van der Waals surface area contributed by atoms with Crippen molar-refractivity contribution in [3.63, 3.8) is 0 Å². The van der Waals surface area contributed by atoms with Crippen molar-refractivity contribution < 1.29 is 27.8 Å². The Labute approximate surface area is 212 Å². The Balaban J connectivity index is 1.13. The molecule has 0 saturated carbocycles. The van der Waals surface area contributed by atoms with E-state index in [9.17, 15) is 28.4 Å². The molecule has 3 N–H and O–H groups in total. The van der Waals surface area contributed by atoms with E-state index < -0.39 is 34.8 Å². The number of amides is 3. The zero-order chi connectivity index (χ0) is 26.3. The van der Waals surface area contributed by atoms with Crippen LogP contribution in [0.4, 0.5) is 14.5 Å². The van der Waals surface area contributed by atoms with Crippen molar-refractivity contribution in [2.45, 2.75) is 63.6 Å².